The number of carbonyl (C=O) groups excluding carboxylic acids is 1. The fraction of sp³-hybridized carbons (Fsp3) is 0.381. The van der Waals surface area contributed by atoms with E-state index in [1.807, 2.05) is 0 Å². The molecule has 0 aliphatic rings. The summed E-state index contributed by atoms with van der Waals surface area (Å²) in [6, 6.07) is 10.7. The number of ketones is 1. The number of hydrogen-bond acceptors (Lipinski definition) is 2. The molecule has 2 aromatic carbocycles. The van der Waals surface area contributed by atoms with Crippen molar-refractivity contribution in [3.8, 4) is 0 Å². The molecule has 1 atom stereocenters. The van der Waals surface area contributed by atoms with E-state index in [0.717, 1.165) is 12.0 Å². The Morgan fingerprint density at radius 3 is 1.91 bits per heavy atom. The van der Waals surface area contributed by atoms with Crippen molar-refractivity contribution in [3.05, 3.63) is 69.3 Å². The standard InChI is InChI=1S/C21H27NO/c1-13-6-14(2)8-18(7-13)11-20-15(3)9-19(10-16(20)4)12-21(22)17(5)23/h6-10,21H,11-12,22H2,1-5H3. The van der Waals surface area contributed by atoms with Crippen LogP contribution in [0.1, 0.15) is 45.9 Å². The van der Waals surface area contributed by atoms with Crippen LogP contribution >= 0.6 is 0 Å². The van der Waals surface area contributed by atoms with Gasteiger partial charge in [-0.2, -0.15) is 0 Å². The second kappa shape index (κ2) is 7.10. The Kier molecular flexibility index (Phi) is 5.38. The first kappa shape index (κ1) is 17.4. The van der Waals surface area contributed by atoms with Crippen molar-refractivity contribution in [2.75, 3.05) is 0 Å². The molecule has 0 radical (unpaired) electrons. The second-order valence-electron chi connectivity index (χ2n) is 6.80. The first-order valence-corrected chi connectivity index (χ1v) is 8.18. The van der Waals surface area contributed by atoms with Gasteiger partial charge in [-0.1, -0.05) is 41.5 Å². The highest BCUT2D eigenvalue weighted by Gasteiger charge is 2.12. The van der Waals surface area contributed by atoms with Gasteiger partial charge in [0.05, 0.1) is 6.04 Å². The highest BCUT2D eigenvalue weighted by Crippen LogP contribution is 2.22. The quantitative estimate of drug-likeness (QED) is 0.908. The Morgan fingerprint density at radius 2 is 1.43 bits per heavy atom. The van der Waals surface area contributed by atoms with E-state index < -0.39 is 6.04 Å². The maximum absolute atomic E-state index is 11.4. The fourth-order valence-corrected chi connectivity index (χ4v) is 3.25. The number of hydrogen-bond donors (Lipinski definition) is 1. The third-order valence-electron chi connectivity index (χ3n) is 4.40. The van der Waals surface area contributed by atoms with Crippen LogP contribution in [0.5, 0.6) is 0 Å². The summed E-state index contributed by atoms with van der Waals surface area (Å²) in [7, 11) is 0. The molecule has 0 aliphatic carbocycles. The van der Waals surface area contributed by atoms with Crippen molar-refractivity contribution in [2.45, 2.75) is 53.5 Å². The smallest absolute Gasteiger partial charge is 0.146 e. The molecule has 2 rings (SSSR count). The summed E-state index contributed by atoms with van der Waals surface area (Å²) in [6.07, 6.45) is 1.56. The van der Waals surface area contributed by atoms with Crippen molar-refractivity contribution >= 4 is 5.78 Å². The van der Waals surface area contributed by atoms with Crippen LogP contribution < -0.4 is 5.73 Å². The van der Waals surface area contributed by atoms with Gasteiger partial charge in [0.15, 0.2) is 0 Å². The van der Waals surface area contributed by atoms with E-state index in [1.54, 1.807) is 6.92 Å². The van der Waals surface area contributed by atoms with Crippen LogP contribution in [0.15, 0.2) is 30.3 Å². The molecule has 0 saturated carbocycles. The minimum atomic E-state index is -0.404. The fourth-order valence-electron chi connectivity index (χ4n) is 3.25. The summed E-state index contributed by atoms with van der Waals surface area (Å²) in [5.74, 6) is 0.0413. The van der Waals surface area contributed by atoms with Crippen LogP contribution in [-0.2, 0) is 17.6 Å². The maximum atomic E-state index is 11.4. The zero-order valence-corrected chi connectivity index (χ0v) is 14.9. The lowest BCUT2D eigenvalue weighted by atomic mass is 9.91. The van der Waals surface area contributed by atoms with Crippen LogP contribution in [-0.4, -0.2) is 11.8 Å². The number of Topliss-reactive ketones (excluding diaryl/α,β-unsaturated/α-hetero) is 1. The third-order valence-corrected chi connectivity index (χ3v) is 4.40. The van der Waals surface area contributed by atoms with Gasteiger partial charge in [0.25, 0.3) is 0 Å². The van der Waals surface area contributed by atoms with Gasteiger partial charge in [-0.05, 0) is 75.3 Å². The molecule has 0 bridgehead atoms. The number of nitrogens with two attached hydrogens (primary N) is 1. The predicted molar refractivity (Wildman–Crippen MR) is 97.0 cm³/mol. The average Bonchev–Trinajstić information content (AvgIpc) is 2.41. The van der Waals surface area contributed by atoms with Gasteiger partial charge < -0.3 is 5.73 Å². The van der Waals surface area contributed by atoms with Crippen LogP contribution in [0.2, 0.25) is 0 Å². The summed E-state index contributed by atoms with van der Waals surface area (Å²) in [6.45, 7) is 10.1. The van der Waals surface area contributed by atoms with Crippen molar-refractivity contribution in [3.63, 3.8) is 0 Å². The first-order valence-electron chi connectivity index (χ1n) is 8.18. The Morgan fingerprint density at radius 1 is 0.913 bits per heavy atom. The molecule has 122 valence electrons. The van der Waals surface area contributed by atoms with Crippen LogP contribution in [0.25, 0.3) is 0 Å². The van der Waals surface area contributed by atoms with Gasteiger partial charge in [0.1, 0.15) is 5.78 Å². The van der Waals surface area contributed by atoms with E-state index >= 15 is 0 Å². The first-order chi connectivity index (χ1) is 10.8. The molecule has 2 aromatic rings. The molecule has 2 heteroatoms. The monoisotopic (exact) mass is 309 g/mol. The van der Waals surface area contributed by atoms with Crippen molar-refractivity contribution in [1.82, 2.24) is 0 Å². The lowest BCUT2D eigenvalue weighted by Crippen LogP contribution is -2.30. The van der Waals surface area contributed by atoms with E-state index in [-0.39, 0.29) is 5.78 Å². The van der Waals surface area contributed by atoms with E-state index in [0.29, 0.717) is 6.42 Å². The zero-order chi connectivity index (χ0) is 17.1. The lowest BCUT2D eigenvalue weighted by Gasteiger charge is -2.15. The molecule has 0 amide bonds. The topological polar surface area (TPSA) is 43.1 Å². The van der Waals surface area contributed by atoms with Crippen LogP contribution in [0, 0.1) is 27.7 Å². The summed E-state index contributed by atoms with van der Waals surface area (Å²) in [5.41, 5.74) is 14.9. The molecule has 2 nitrogen and oxygen atoms in total. The van der Waals surface area contributed by atoms with Crippen molar-refractivity contribution in [1.29, 1.82) is 0 Å². The Balaban J connectivity index is 2.28. The molecule has 1 unspecified atom stereocenters. The van der Waals surface area contributed by atoms with Gasteiger partial charge in [-0.15, -0.1) is 0 Å². The number of aryl methyl sites for hydroxylation is 4. The molecular formula is C21H27NO. The summed E-state index contributed by atoms with van der Waals surface area (Å²) in [4.78, 5) is 11.4. The molecule has 0 heterocycles. The minimum Gasteiger partial charge on any atom is -0.321 e. The van der Waals surface area contributed by atoms with E-state index in [2.05, 4.69) is 58.0 Å². The molecule has 23 heavy (non-hydrogen) atoms. The van der Waals surface area contributed by atoms with E-state index in [1.165, 1.54) is 33.4 Å². The van der Waals surface area contributed by atoms with Crippen molar-refractivity contribution in [2.24, 2.45) is 5.73 Å². The molecule has 0 saturated heterocycles. The molecule has 0 fully saturated rings. The second-order valence-corrected chi connectivity index (χ2v) is 6.80. The summed E-state index contributed by atoms with van der Waals surface area (Å²) in [5, 5.41) is 0. The van der Waals surface area contributed by atoms with Crippen LogP contribution in [0.4, 0.5) is 0 Å². The van der Waals surface area contributed by atoms with Gasteiger partial charge >= 0.3 is 0 Å². The minimum absolute atomic E-state index is 0.0413. The molecule has 0 aliphatic heterocycles. The van der Waals surface area contributed by atoms with Gasteiger partial charge in [-0.3, -0.25) is 4.79 Å². The Hall–Kier alpha value is -1.93. The Bertz CT molecular complexity index is 687. The van der Waals surface area contributed by atoms with Gasteiger partial charge in [0, 0.05) is 0 Å². The highest BCUT2D eigenvalue weighted by atomic mass is 16.1. The molecule has 0 aromatic heterocycles. The predicted octanol–water partition coefficient (Wildman–Crippen LogP) is 3.97. The largest absolute Gasteiger partial charge is 0.321 e. The number of benzene rings is 2. The zero-order valence-electron chi connectivity index (χ0n) is 14.9. The number of rotatable bonds is 5. The summed E-state index contributed by atoms with van der Waals surface area (Å²) < 4.78 is 0. The number of carbonyl (C=O) groups is 1. The molecule has 2 N–H and O–H groups in total. The van der Waals surface area contributed by atoms with E-state index in [9.17, 15) is 4.79 Å². The maximum Gasteiger partial charge on any atom is 0.146 e. The average molecular weight is 309 g/mol. The van der Waals surface area contributed by atoms with Gasteiger partial charge in [-0.25, -0.2) is 0 Å². The van der Waals surface area contributed by atoms with Crippen LogP contribution in [0.3, 0.4) is 0 Å². The van der Waals surface area contributed by atoms with Crippen molar-refractivity contribution < 1.29 is 4.79 Å². The molecular weight excluding hydrogens is 282 g/mol. The summed E-state index contributed by atoms with van der Waals surface area (Å²) >= 11 is 0. The third kappa shape index (κ3) is 4.52. The highest BCUT2D eigenvalue weighted by molar-refractivity contribution is 5.81. The Labute approximate surface area is 139 Å². The molecule has 0 spiro atoms. The van der Waals surface area contributed by atoms with Gasteiger partial charge in [0.2, 0.25) is 0 Å². The SMILES string of the molecule is CC(=O)C(N)Cc1cc(C)c(Cc2cc(C)cc(C)c2)c(C)c1. The normalized spacial score (nSPS) is 12.3. The van der Waals surface area contributed by atoms with E-state index in [4.69, 9.17) is 5.73 Å². The lowest BCUT2D eigenvalue weighted by molar-refractivity contribution is -0.118.